The monoisotopic (exact) mass is 378 g/mol. The molecule has 0 aliphatic heterocycles. The van der Waals surface area contributed by atoms with Crippen molar-refractivity contribution in [2.24, 2.45) is 0 Å². The highest BCUT2D eigenvalue weighted by molar-refractivity contribution is 14.1. The third-order valence-corrected chi connectivity index (χ3v) is 3.30. The highest BCUT2D eigenvalue weighted by atomic mass is 127. The lowest BCUT2D eigenvalue weighted by Crippen LogP contribution is -2.35. The smallest absolute Gasteiger partial charge is 0.293 e. The molecule has 1 aromatic carbocycles. The molecule has 0 amide bonds. The quantitative estimate of drug-likeness (QED) is 0.831. The van der Waals surface area contributed by atoms with Crippen LogP contribution in [0, 0.1) is 3.57 Å². The van der Waals surface area contributed by atoms with Gasteiger partial charge in [-0.05, 0) is 22.6 Å². The minimum atomic E-state index is -3.19. The molecule has 1 N–H and O–H groups in total. The lowest BCUT2D eigenvalue weighted by molar-refractivity contribution is -0.0235. The van der Waals surface area contributed by atoms with Crippen molar-refractivity contribution in [1.29, 1.82) is 0 Å². The van der Waals surface area contributed by atoms with E-state index in [2.05, 4.69) is 0 Å². The van der Waals surface area contributed by atoms with E-state index in [-0.39, 0.29) is 9.13 Å². The van der Waals surface area contributed by atoms with Gasteiger partial charge >= 0.3 is 5.69 Å². The summed E-state index contributed by atoms with van der Waals surface area (Å²) in [4.78, 5) is 24.6. The Bertz CT molecular complexity index is 695. The second-order valence-corrected chi connectivity index (χ2v) is 5.10. The van der Waals surface area contributed by atoms with Crippen LogP contribution in [0.3, 0.4) is 0 Å². The average Bonchev–Trinajstić information content (AvgIpc) is 2.37. The Kier molecular flexibility index (Phi) is 3.83. The summed E-state index contributed by atoms with van der Waals surface area (Å²) in [6.07, 6.45) is 1.12. The molecule has 0 aliphatic carbocycles. The van der Waals surface area contributed by atoms with Gasteiger partial charge in [0.2, 0.25) is 0 Å². The van der Waals surface area contributed by atoms with E-state index in [4.69, 9.17) is 0 Å². The van der Waals surface area contributed by atoms with E-state index in [0.29, 0.717) is 0 Å². The van der Waals surface area contributed by atoms with E-state index in [1.54, 1.807) is 28.7 Å². The molecule has 0 fully saturated rings. The molecule has 100 valence electrons. The van der Waals surface area contributed by atoms with Gasteiger partial charge in [0, 0.05) is 11.8 Å². The first-order chi connectivity index (χ1) is 8.90. The fraction of sp³-hybridized carbons (Fsp3) is 0.167. The van der Waals surface area contributed by atoms with Gasteiger partial charge in [-0.3, -0.25) is 14.3 Å². The summed E-state index contributed by atoms with van der Waals surface area (Å²) >= 11 is 1.68. The van der Waals surface area contributed by atoms with Gasteiger partial charge in [0.25, 0.3) is 11.5 Å². The van der Waals surface area contributed by atoms with E-state index in [1.807, 2.05) is 4.98 Å². The van der Waals surface area contributed by atoms with Crippen LogP contribution in [-0.4, -0.2) is 9.55 Å². The summed E-state index contributed by atoms with van der Waals surface area (Å²) < 4.78 is 29.0. The minimum absolute atomic E-state index is 0.178. The highest BCUT2D eigenvalue weighted by Crippen LogP contribution is 2.28. The Morgan fingerprint density at radius 3 is 2.47 bits per heavy atom. The fourth-order valence-electron chi connectivity index (χ4n) is 1.59. The molecular formula is C12H9F2IN2O2. The third kappa shape index (κ3) is 3.09. The number of aromatic nitrogens is 2. The lowest BCUT2D eigenvalue weighted by atomic mass is 10.1. The number of nitrogens with one attached hydrogen (secondary N) is 1. The fourth-order valence-corrected chi connectivity index (χ4v) is 2.06. The predicted octanol–water partition coefficient (Wildman–Crippen LogP) is 1.93. The van der Waals surface area contributed by atoms with Gasteiger partial charge in [0.15, 0.2) is 0 Å². The largest absolute Gasteiger partial charge is 0.328 e. The van der Waals surface area contributed by atoms with E-state index >= 15 is 0 Å². The minimum Gasteiger partial charge on any atom is -0.293 e. The van der Waals surface area contributed by atoms with Crippen LogP contribution in [0.1, 0.15) is 5.56 Å². The number of hydrogen-bond acceptors (Lipinski definition) is 2. The Morgan fingerprint density at radius 1 is 1.21 bits per heavy atom. The zero-order valence-corrected chi connectivity index (χ0v) is 11.7. The maximum absolute atomic E-state index is 14.0. The second-order valence-electron chi connectivity index (χ2n) is 3.93. The molecule has 0 spiro atoms. The number of aromatic amines is 1. The van der Waals surface area contributed by atoms with Crippen LogP contribution in [0.15, 0.2) is 46.1 Å². The van der Waals surface area contributed by atoms with Gasteiger partial charge < -0.3 is 0 Å². The normalized spacial score (nSPS) is 11.5. The van der Waals surface area contributed by atoms with Crippen LogP contribution in [-0.2, 0) is 12.5 Å². The number of hydrogen-bond donors (Lipinski definition) is 1. The molecule has 1 heterocycles. The van der Waals surface area contributed by atoms with Crippen molar-refractivity contribution in [2.75, 3.05) is 0 Å². The van der Waals surface area contributed by atoms with Crippen molar-refractivity contribution < 1.29 is 8.78 Å². The summed E-state index contributed by atoms with van der Waals surface area (Å²) in [5.74, 6) is -3.19. The molecule has 2 rings (SSSR count). The first-order valence-electron chi connectivity index (χ1n) is 5.33. The molecule has 1 aromatic heterocycles. The predicted molar refractivity (Wildman–Crippen MR) is 74.4 cm³/mol. The van der Waals surface area contributed by atoms with Gasteiger partial charge in [0.05, 0.1) is 10.1 Å². The summed E-state index contributed by atoms with van der Waals surface area (Å²) in [6, 6.07) is 7.23. The van der Waals surface area contributed by atoms with E-state index in [1.165, 1.54) is 24.3 Å². The van der Waals surface area contributed by atoms with Crippen molar-refractivity contribution in [2.45, 2.75) is 12.5 Å². The molecule has 0 radical (unpaired) electrons. The van der Waals surface area contributed by atoms with Crippen LogP contribution in [0.5, 0.6) is 0 Å². The Hall–Kier alpha value is -1.51. The van der Waals surface area contributed by atoms with Crippen molar-refractivity contribution in [1.82, 2.24) is 9.55 Å². The van der Waals surface area contributed by atoms with Crippen LogP contribution < -0.4 is 11.2 Å². The molecule has 19 heavy (non-hydrogen) atoms. The van der Waals surface area contributed by atoms with Crippen molar-refractivity contribution >= 4 is 22.6 Å². The molecule has 4 nitrogen and oxygen atoms in total. The van der Waals surface area contributed by atoms with Gasteiger partial charge in [-0.2, -0.15) is 8.78 Å². The maximum atomic E-state index is 14.0. The van der Waals surface area contributed by atoms with E-state index < -0.39 is 23.7 Å². The number of nitrogens with zero attached hydrogens (tertiary/aromatic N) is 1. The number of halogens is 3. The summed E-state index contributed by atoms with van der Waals surface area (Å²) in [5, 5.41) is 0. The Balaban J connectivity index is 2.39. The van der Waals surface area contributed by atoms with E-state index in [0.717, 1.165) is 10.8 Å². The van der Waals surface area contributed by atoms with Crippen molar-refractivity contribution in [3.05, 3.63) is 66.5 Å². The first kappa shape index (κ1) is 13.9. The standard InChI is InChI=1S/C12H9F2IN2O2/c13-12(14,8-4-2-1-3-5-8)7-17-6-9(15)10(18)16-11(17)19/h1-6H,7H2,(H,16,18,19). The van der Waals surface area contributed by atoms with Crippen molar-refractivity contribution in [3.63, 3.8) is 0 Å². The molecule has 0 saturated carbocycles. The number of alkyl halides is 2. The molecule has 7 heteroatoms. The second kappa shape index (κ2) is 5.24. The molecule has 0 saturated heterocycles. The Labute approximate surface area is 120 Å². The zero-order valence-electron chi connectivity index (χ0n) is 9.57. The zero-order chi connectivity index (χ0) is 14.0. The van der Waals surface area contributed by atoms with Crippen LogP contribution in [0.2, 0.25) is 0 Å². The average molecular weight is 378 g/mol. The van der Waals surface area contributed by atoms with E-state index in [9.17, 15) is 18.4 Å². The van der Waals surface area contributed by atoms with Gasteiger partial charge in [-0.1, -0.05) is 30.3 Å². The molecule has 0 atom stereocenters. The summed E-state index contributed by atoms with van der Waals surface area (Å²) in [5.41, 5.74) is -1.60. The van der Waals surface area contributed by atoms with Gasteiger partial charge in [-0.25, -0.2) is 4.79 Å². The van der Waals surface area contributed by atoms with Crippen molar-refractivity contribution in [3.8, 4) is 0 Å². The van der Waals surface area contributed by atoms with Crippen LogP contribution in [0.4, 0.5) is 8.78 Å². The molecule has 0 unspecified atom stereocenters. The lowest BCUT2D eigenvalue weighted by Gasteiger charge is -2.17. The topological polar surface area (TPSA) is 54.9 Å². The third-order valence-electron chi connectivity index (χ3n) is 2.53. The van der Waals surface area contributed by atoms with Crippen LogP contribution in [0.25, 0.3) is 0 Å². The van der Waals surface area contributed by atoms with Gasteiger partial charge in [0.1, 0.15) is 0 Å². The highest BCUT2D eigenvalue weighted by Gasteiger charge is 2.32. The first-order valence-corrected chi connectivity index (χ1v) is 6.40. The molecule has 0 aliphatic rings. The Morgan fingerprint density at radius 2 is 1.84 bits per heavy atom. The van der Waals surface area contributed by atoms with Crippen LogP contribution >= 0.6 is 22.6 Å². The molecule has 0 bridgehead atoms. The number of H-pyrrole nitrogens is 1. The maximum Gasteiger partial charge on any atom is 0.328 e. The SMILES string of the molecule is O=c1[nH]c(=O)n(CC(F)(F)c2ccccc2)cc1I. The summed E-state index contributed by atoms with van der Waals surface area (Å²) in [7, 11) is 0. The van der Waals surface area contributed by atoms with Gasteiger partial charge in [-0.15, -0.1) is 0 Å². The molecular weight excluding hydrogens is 369 g/mol. The summed E-state index contributed by atoms with van der Waals surface area (Å²) in [6.45, 7) is -0.817. The number of benzene rings is 1. The number of rotatable bonds is 3. The molecule has 2 aromatic rings.